The maximum absolute atomic E-state index is 13.2. The third-order valence-electron chi connectivity index (χ3n) is 2.49. The van der Waals surface area contributed by atoms with Gasteiger partial charge in [0.1, 0.15) is 18.5 Å². The van der Waals surface area contributed by atoms with Gasteiger partial charge in [-0.25, -0.2) is 13.8 Å². The van der Waals surface area contributed by atoms with Gasteiger partial charge in [-0.15, -0.1) is 0 Å². The molecule has 0 aliphatic rings. The molecule has 0 fully saturated rings. The summed E-state index contributed by atoms with van der Waals surface area (Å²) in [5, 5.41) is 18.3. The van der Waals surface area contributed by atoms with E-state index in [0.29, 0.717) is 0 Å². The molecule has 2 rings (SSSR count). The maximum atomic E-state index is 13.2. The number of fused-ring (bicyclic) bond motifs is 1. The predicted molar refractivity (Wildman–Crippen MR) is 57.9 cm³/mol. The Morgan fingerprint density at radius 1 is 1.44 bits per heavy atom. The Morgan fingerprint density at radius 2 is 2.06 bits per heavy atom. The first-order valence-corrected chi connectivity index (χ1v) is 5.15. The zero-order valence-electron chi connectivity index (χ0n) is 9.39. The molecule has 1 aromatic heterocycles. The number of aliphatic carboxylic acids is 1. The quantitative estimate of drug-likeness (QED) is 0.871. The molecule has 5 nitrogen and oxygen atoms in total. The smallest absolute Gasteiger partial charge is 0.323 e. The van der Waals surface area contributed by atoms with Gasteiger partial charge in [0.2, 0.25) is 0 Å². The summed E-state index contributed by atoms with van der Waals surface area (Å²) in [7, 11) is 0. The molecule has 2 N–H and O–H groups in total. The normalized spacial score (nSPS) is 12.9. The molecule has 7 heteroatoms. The van der Waals surface area contributed by atoms with Gasteiger partial charge < -0.3 is 14.8 Å². The van der Waals surface area contributed by atoms with Gasteiger partial charge in [0.05, 0.1) is 11.0 Å². The van der Waals surface area contributed by atoms with Crippen LogP contribution in [0, 0.1) is 11.6 Å². The van der Waals surface area contributed by atoms with Gasteiger partial charge in [-0.1, -0.05) is 0 Å². The molecule has 0 amide bonds. The highest BCUT2D eigenvalue weighted by Crippen LogP contribution is 2.23. The third-order valence-corrected chi connectivity index (χ3v) is 2.49. The Kier molecular flexibility index (Phi) is 3.00. The van der Waals surface area contributed by atoms with Crippen LogP contribution < -0.4 is 0 Å². The van der Waals surface area contributed by atoms with E-state index in [0.717, 1.165) is 16.7 Å². The van der Waals surface area contributed by atoms with Crippen molar-refractivity contribution in [1.82, 2.24) is 9.55 Å². The highest BCUT2D eigenvalue weighted by Gasteiger charge is 2.18. The highest BCUT2D eigenvalue weighted by molar-refractivity contribution is 5.78. The molecule has 1 aromatic carbocycles. The minimum atomic E-state index is -1.17. The van der Waals surface area contributed by atoms with E-state index in [1.54, 1.807) is 0 Å². The summed E-state index contributed by atoms with van der Waals surface area (Å²) in [4.78, 5) is 14.6. The zero-order valence-corrected chi connectivity index (χ0v) is 9.39. The molecule has 1 heterocycles. The van der Waals surface area contributed by atoms with Gasteiger partial charge in [-0.05, 0) is 6.92 Å². The lowest BCUT2D eigenvalue weighted by molar-refractivity contribution is -0.137. The van der Waals surface area contributed by atoms with Crippen molar-refractivity contribution in [2.75, 3.05) is 0 Å². The Labute approximate surface area is 100 Å². The number of hydrogen-bond donors (Lipinski definition) is 2. The number of nitrogens with zero attached hydrogens (tertiary/aromatic N) is 2. The van der Waals surface area contributed by atoms with E-state index in [1.807, 2.05) is 0 Å². The zero-order chi connectivity index (χ0) is 13.4. The lowest BCUT2D eigenvalue weighted by atomic mass is 10.3. The Morgan fingerprint density at radius 3 is 2.61 bits per heavy atom. The van der Waals surface area contributed by atoms with Crippen LogP contribution in [0.5, 0.6) is 0 Å². The third kappa shape index (κ3) is 2.04. The van der Waals surface area contributed by atoms with Gasteiger partial charge in [-0.3, -0.25) is 4.79 Å². The van der Waals surface area contributed by atoms with E-state index in [1.165, 1.54) is 6.92 Å². The van der Waals surface area contributed by atoms with Crippen LogP contribution in [0.1, 0.15) is 18.9 Å². The number of aliphatic hydroxyl groups excluding tert-OH is 1. The van der Waals surface area contributed by atoms with E-state index in [9.17, 15) is 18.7 Å². The van der Waals surface area contributed by atoms with Crippen molar-refractivity contribution in [2.45, 2.75) is 19.6 Å². The van der Waals surface area contributed by atoms with E-state index in [-0.39, 0.29) is 16.9 Å². The number of carboxylic acids is 1. The fourth-order valence-electron chi connectivity index (χ4n) is 1.76. The van der Waals surface area contributed by atoms with Crippen LogP contribution in [-0.2, 0) is 11.3 Å². The Bertz CT molecular complexity index is 622. The van der Waals surface area contributed by atoms with E-state index < -0.39 is 30.3 Å². The minimum absolute atomic E-state index is 0.0531. The lowest BCUT2D eigenvalue weighted by Gasteiger charge is -2.07. The molecule has 96 valence electrons. The highest BCUT2D eigenvalue weighted by atomic mass is 19.2. The second-order valence-corrected chi connectivity index (χ2v) is 3.88. The standard InChI is InChI=1S/C11H10F2N2O3/c1-5(16)11-14-8-2-6(12)7(13)3-9(8)15(11)4-10(17)18/h2-3,5,16H,4H2,1H3,(H,17,18)/t5-/m1/s1. The summed E-state index contributed by atoms with van der Waals surface area (Å²) in [6, 6.07) is 1.74. The van der Waals surface area contributed by atoms with Crippen molar-refractivity contribution >= 4 is 17.0 Å². The number of carboxylic acid groups (broad SMARTS) is 1. The predicted octanol–water partition coefficient (Wildman–Crippen LogP) is 1.45. The summed E-state index contributed by atoms with van der Waals surface area (Å²) < 4.78 is 27.3. The molecule has 2 aromatic rings. The molecular formula is C11H10F2N2O3. The number of hydrogen-bond acceptors (Lipinski definition) is 3. The van der Waals surface area contributed by atoms with Crippen molar-refractivity contribution in [3.05, 3.63) is 29.6 Å². The van der Waals surface area contributed by atoms with Crippen LogP contribution >= 0.6 is 0 Å². The SMILES string of the molecule is C[C@@H](O)c1nc2cc(F)c(F)cc2n1CC(=O)O. The van der Waals surface area contributed by atoms with Crippen LogP contribution in [0.4, 0.5) is 8.78 Å². The summed E-state index contributed by atoms with van der Waals surface area (Å²) >= 11 is 0. The first kappa shape index (κ1) is 12.4. The van der Waals surface area contributed by atoms with Crippen LogP contribution in [0.15, 0.2) is 12.1 Å². The fourth-order valence-corrected chi connectivity index (χ4v) is 1.76. The summed E-state index contributed by atoms with van der Waals surface area (Å²) in [5.74, 6) is -3.27. The van der Waals surface area contributed by atoms with E-state index in [4.69, 9.17) is 5.11 Å². The maximum Gasteiger partial charge on any atom is 0.323 e. The van der Waals surface area contributed by atoms with E-state index >= 15 is 0 Å². The molecule has 0 aliphatic heterocycles. The van der Waals surface area contributed by atoms with Gasteiger partial charge in [0.15, 0.2) is 11.6 Å². The number of aromatic nitrogens is 2. The molecule has 0 saturated heterocycles. The molecule has 18 heavy (non-hydrogen) atoms. The molecule has 0 aliphatic carbocycles. The second kappa shape index (κ2) is 4.34. The monoisotopic (exact) mass is 256 g/mol. The topological polar surface area (TPSA) is 75.4 Å². The van der Waals surface area contributed by atoms with Crippen LogP contribution in [0.3, 0.4) is 0 Å². The summed E-state index contributed by atoms with van der Waals surface area (Å²) in [6.45, 7) is 0.911. The molecule has 0 saturated carbocycles. The number of carbonyl (C=O) groups is 1. The van der Waals surface area contributed by atoms with Gasteiger partial charge >= 0.3 is 5.97 Å². The number of rotatable bonds is 3. The first-order valence-electron chi connectivity index (χ1n) is 5.15. The average molecular weight is 256 g/mol. The number of aliphatic hydroxyl groups is 1. The van der Waals surface area contributed by atoms with Crippen molar-refractivity contribution in [1.29, 1.82) is 0 Å². The van der Waals surface area contributed by atoms with Crippen molar-refractivity contribution in [3.63, 3.8) is 0 Å². The molecule has 0 radical (unpaired) electrons. The average Bonchev–Trinajstić information content (AvgIpc) is 2.57. The van der Waals surface area contributed by atoms with Crippen molar-refractivity contribution in [3.8, 4) is 0 Å². The summed E-state index contributed by atoms with van der Waals surface area (Å²) in [6.07, 6.45) is -1.04. The number of benzene rings is 1. The van der Waals surface area contributed by atoms with Gasteiger partial charge in [0.25, 0.3) is 0 Å². The van der Waals surface area contributed by atoms with Gasteiger partial charge in [-0.2, -0.15) is 0 Å². The molecule has 1 atom stereocenters. The van der Waals surface area contributed by atoms with Crippen LogP contribution in [-0.4, -0.2) is 25.7 Å². The van der Waals surface area contributed by atoms with Crippen LogP contribution in [0.25, 0.3) is 11.0 Å². The Hall–Kier alpha value is -2.02. The molecule has 0 spiro atoms. The van der Waals surface area contributed by atoms with Crippen molar-refractivity contribution < 1.29 is 23.8 Å². The lowest BCUT2D eigenvalue weighted by Crippen LogP contribution is -2.13. The van der Waals surface area contributed by atoms with Crippen LogP contribution in [0.2, 0.25) is 0 Å². The molecule has 0 bridgehead atoms. The number of imidazole rings is 1. The van der Waals surface area contributed by atoms with Crippen molar-refractivity contribution in [2.24, 2.45) is 0 Å². The number of halogens is 2. The minimum Gasteiger partial charge on any atom is -0.480 e. The largest absolute Gasteiger partial charge is 0.480 e. The Balaban J connectivity index is 2.72. The first-order chi connectivity index (χ1) is 8.40. The van der Waals surface area contributed by atoms with Gasteiger partial charge in [0, 0.05) is 12.1 Å². The molecular weight excluding hydrogens is 246 g/mol. The second-order valence-electron chi connectivity index (χ2n) is 3.88. The fraction of sp³-hybridized carbons (Fsp3) is 0.273. The molecule has 0 unspecified atom stereocenters. The summed E-state index contributed by atoms with van der Waals surface area (Å²) in [5.41, 5.74) is 0.234. The van der Waals surface area contributed by atoms with E-state index in [2.05, 4.69) is 4.98 Å².